The minimum atomic E-state index is -3.71. The smallest absolute Gasteiger partial charge is 0.236 e. The molecular formula is C23H27ClN2O2S. The fraction of sp³-hybridized carbons (Fsp3) is 0.348. The van der Waals surface area contributed by atoms with Gasteiger partial charge in [-0.05, 0) is 57.4 Å². The summed E-state index contributed by atoms with van der Waals surface area (Å²) in [6, 6.07) is 13.3. The molecule has 6 heteroatoms. The van der Waals surface area contributed by atoms with Crippen LogP contribution in [0.1, 0.15) is 42.5 Å². The number of aromatic nitrogens is 1. The van der Waals surface area contributed by atoms with Gasteiger partial charge in [0.15, 0.2) is 0 Å². The highest BCUT2D eigenvalue weighted by atomic mass is 35.5. The molecule has 1 aromatic heterocycles. The third-order valence-electron chi connectivity index (χ3n) is 5.33. The van der Waals surface area contributed by atoms with Gasteiger partial charge >= 0.3 is 0 Å². The van der Waals surface area contributed by atoms with E-state index in [4.69, 9.17) is 11.6 Å². The van der Waals surface area contributed by atoms with E-state index in [0.717, 1.165) is 27.6 Å². The predicted molar refractivity (Wildman–Crippen MR) is 120 cm³/mol. The van der Waals surface area contributed by atoms with Crippen molar-refractivity contribution in [1.29, 1.82) is 0 Å². The molecule has 3 aromatic rings. The van der Waals surface area contributed by atoms with Crippen molar-refractivity contribution in [3.05, 3.63) is 69.9 Å². The van der Waals surface area contributed by atoms with Gasteiger partial charge in [0.1, 0.15) is 5.15 Å². The van der Waals surface area contributed by atoms with Gasteiger partial charge in [-0.3, -0.25) is 0 Å². The number of nitrogens with zero attached hydrogens (tertiary/aromatic N) is 2. The van der Waals surface area contributed by atoms with E-state index in [1.807, 2.05) is 77.1 Å². The molecule has 1 heterocycles. The van der Waals surface area contributed by atoms with Crippen LogP contribution in [-0.2, 0) is 16.6 Å². The Hall–Kier alpha value is -1.95. The lowest BCUT2D eigenvalue weighted by atomic mass is 10.1. The standard InChI is InChI=1S/C23H27ClN2O2S/c1-6-18(5)26(29(27,28)22-16(3)11-15(2)12-17(22)4)14-20-13-19-9-7-8-10-21(19)25-23(20)24/h7-13,18H,6,14H2,1-5H3. The van der Waals surface area contributed by atoms with Gasteiger partial charge in [0.25, 0.3) is 0 Å². The number of fused-ring (bicyclic) bond motifs is 1. The Morgan fingerprint density at radius 2 is 1.69 bits per heavy atom. The first-order valence-electron chi connectivity index (χ1n) is 9.79. The van der Waals surface area contributed by atoms with Crippen molar-refractivity contribution in [2.45, 2.75) is 58.5 Å². The Labute approximate surface area is 178 Å². The number of sulfonamides is 1. The number of benzene rings is 2. The summed E-state index contributed by atoms with van der Waals surface area (Å²) in [5.74, 6) is 0. The average Bonchev–Trinajstić information content (AvgIpc) is 2.64. The van der Waals surface area contributed by atoms with E-state index in [9.17, 15) is 8.42 Å². The van der Waals surface area contributed by atoms with Crippen molar-refractivity contribution in [2.24, 2.45) is 0 Å². The Morgan fingerprint density at radius 1 is 1.07 bits per heavy atom. The van der Waals surface area contributed by atoms with Crippen LogP contribution >= 0.6 is 11.6 Å². The number of pyridine rings is 1. The van der Waals surface area contributed by atoms with Gasteiger partial charge in [0.05, 0.1) is 10.4 Å². The lowest BCUT2D eigenvalue weighted by Gasteiger charge is -2.29. The number of hydrogen-bond acceptors (Lipinski definition) is 3. The molecule has 2 aromatic carbocycles. The van der Waals surface area contributed by atoms with Crippen LogP contribution in [0.3, 0.4) is 0 Å². The van der Waals surface area contributed by atoms with Crippen molar-refractivity contribution in [3.63, 3.8) is 0 Å². The lowest BCUT2D eigenvalue weighted by Crippen LogP contribution is -2.38. The molecule has 0 saturated carbocycles. The maximum atomic E-state index is 13.7. The van der Waals surface area contributed by atoms with E-state index in [-0.39, 0.29) is 12.6 Å². The molecule has 0 N–H and O–H groups in total. The van der Waals surface area contributed by atoms with Gasteiger partial charge < -0.3 is 0 Å². The van der Waals surface area contributed by atoms with Crippen molar-refractivity contribution >= 4 is 32.5 Å². The maximum absolute atomic E-state index is 13.7. The molecule has 0 bridgehead atoms. The molecule has 0 radical (unpaired) electrons. The number of aryl methyl sites for hydroxylation is 3. The zero-order chi connectivity index (χ0) is 21.3. The SMILES string of the molecule is CCC(C)N(Cc1cc2ccccc2nc1Cl)S(=O)(=O)c1c(C)cc(C)cc1C. The van der Waals surface area contributed by atoms with E-state index in [1.54, 1.807) is 4.31 Å². The summed E-state index contributed by atoms with van der Waals surface area (Å²) in [6.45, 7) is 9.78. The first kappa shape index (κ1) is 21.8. The highest BCUT2D eigenvalue weighted by Gasteiger charge is 2.31. The summed E-state index contributed by atoms with van der Waals surface area (Å²) in [5, 5.41) is 1.28. The Morgan fingerprint density at radius 3 is 2.31 bits per heavy atom. The van der Waals surface area contributed by atoms with E-state index >= 15 is 0 Å². The number of hydrogen-bond donors (Lipinski definition) is 0. The van der Waals surface area contributed by atoms with Gasteiger partial charge in [-0.2, -0.15) is 4.31 Å². The van der Waals surface area contributed by atoms with Gasteiger partial charge in [-0.15, -0.1) is 0 Å². The molecular weight excluding hydrogens is 404 g/mol. The second-order valence-electron chi connectivity index (χ2n) is 7.67. The maximum Gasteiger partial charge on any atom is 0.244 e. The zero-order valence-electron chi connectivity index (χ0n) is 17.5. The summed E-state index contributed by atoms with van der Waals surface area (Å²) in [4.78, 5) is 4.84. The van der Waals surface area contributed by atoms with Gasteiger partial charge in [-0.25, -0.2) is 13.4 Å². The summed E-state index contributed by atoms with van der Waals surface area (Å²) in [6.07, 6.45) is 0.696. The van der Waals surface area contributed by atoms with Crippen molar-refractivity contribution < 1.29 is 8.42 Å². The van der Waals surface area contributed by atoms with Crippen LogP contribution in [0.25, 0.3) is 10.9 Å². The molecule has 1 atom stereocenters. The van der Waals surface area contributed by atoms with E-state index in [1.165, 1.54) is 0 Å². The largest absolute Gasteiger partial charge is 0.244 e. The fourth-order valence-electron chi connectivity index (χ4n) is 3.79. The molecule has 29 heavy (non-hydrogen) atoms. The van der Waals surface area contributed by atoms with Crippen LogP contribution in [0.4, 0.5) is 0 Å². The van der Waals surface area contributed by atoms with Gasteiger partial charge in [0, 0.05) is 23.5 Å². The van der Waals surface area contributed by atoms with Crippen molar-refractivity contribution in [2.75, 3.05) is 0 Å². The Kier molecular flexibility index (Phi) is 6.32. The minimum Gasteiger partial charge on any atom is -0.236 e. The molecule has 1 unspecified atom stereocenters. The lowest BCUT2D eigenvalue weighted by molar-refractivity contribution is 0.322. The van der Waals surface area contributed by atoms with Crippen LogP contribution in [0.5, 0.6) is 0 Å². The molecule has 154 valence electrons. The number of rotatable bonds is 6. The second kappa shape index (κ2) is 8.42. The molecule has 4 nitrogen and oxygen atoms in total. The summed E-state index contributed by atoms with van der Waals surface area (Å²) >= 11 is 6.44. The molecule has 0 amide bonds. The Bertz CT molecular complexity index is 1140. The number of halogens is 1. The van der Waals surface area contributed by atoms with Crippen LogP contribution in [0.15, 0.2) is 47.4 Å². The van der Waals surface area contributed by atoms with Crippen LogP contribution < -0.4 is 0 Å². The molecule has 3 rings (SSSR count). The van der Waals surface area contributed by atoms with Crippen molar-refractivity contribution in [3.8, 4) is 0 Å². The van der Waals surface area contributed by atoms with E-state index in [2.05, 4.69) is 4.98 Å². The molecule has 0 fully saturated rings. The quantitative estimate of drug-likeness (QED) is 0.464. The summed E-state index contributed by atoms with van der Waals surface area (Å²) < 4.78 is 29.0. The summed E-state index contributed by atoms with van der Waals surface area (Å²) in [7, 11) is -3.71. The topological polar surface area (TPSA) is 50.3 Å². The minimum absolute atomic E-state index is 0.178. The first-order chi connectivity index (χ1) is 13.6. The van der Waals surface area contributed by atoms with E-state index in [0.29, 0.717) is 22.0 Å². The monoisotopic (exact) mass is 430 g/mol. The van der Waals surface area contributed by atoms with Crippen LogP contribution in [0.2, 0.25) is 5.15 Å². The predicted octanol–water partition coefficient (Wildman–Crippen LogP) is 5.80. The molecule has 0 aliphatic rings. The molecule has 0 saturated heterocycles. The van der Waals surface area contributed by atoms with Gasteiger partial charge in [0.2, 0.25) is 10.0 Å². The van der Waals surface area contributed by atoms with Crippen LogP contribution in [0, 0.1) is 20.8 Å². The second-order valence-corrected chi connectivity index (χ2v) is 9.85. The van der Waals surface area contributed by atoms with Crippen molar-refractivity contribution in [1.82, 2.24) is 9.29 Å². The van der Waals surface area contributed by atoms with Crippen LogP contribution in [-0.4, -0.2) is 23.7 Å². The summed E-state index contributed by atoms with van der Waals surface area (Å²) in [5.41, 5.74) is 4.08. The third-order valence-corrected chi connectivity index (χ3v) is 7.92. The normalized spacial score (nSPS) is 13.2. The molecule has 0 aliphatic heterocycles. The van der Waals surface area contributed by atoms with Gasteiger partial charge in [-0.1, -0.05) is 54.4 Å². The molecule has 0 aliphatic carbocycles. The Balaban J connectivity index is 2.11. The third kappa shape index (κ3) is 4.32. The zero-order valence-corrected chi connectivity index (χ0v) is 19.1. The highest BCUT2D eigenvalue weighted by Crippen LogP contribution is 2.30. The average molecular weight is 431 g/mol. The highest BCUT2D eigenvalue weighted by molar-refractivity contribution is 7.89. The first-order valence-corrected chi connectivity index (χ1v) is 11.6. The fourth-order valence-corrected chi connectivity index (χ4v) is 6.09. The number of para-hydroxylation sites is 1. The molecule has 0 spiro atoms. The van der Waals surface area contributed by atoms with E-state index < -0.39 is 10.0 Å².